The van der Waals surface area contributed by atoms with E-state index in [1.807, 2.05) is 30.3 Å². The SMILES string of the molecule is C[C@@](N)(c1cccc(OCc2ccccc2)c1)C(F)(F)CO. The van der Waals surface area contributed by atoms with Crippen LogP contribution in [0.4, 0.5) is 8.78 Å². The highest BCUT2D eigenvalue weighted by Crippen LogP contribution is 2.36. The summed E-state index contributed by atoms with van der Waals surface area (Å²) in [4.78, 5) is 0. The third kappa shape index (κ3) is 3.43. The Morgan fingerprint density at radius 3 is 2.41 bits per heavy atom. The van der Waals surface area contributed by atoms with Crippen molar-refractivity contribution < 1.29 is 18.6 Å². The van der Waals surface area contributed by atoms with Gasteiger partial charge in [0, 0.05) is 0 Å². The van der Waals surface area contributed by atoms with Gasteiger partial charge in [-0.25, -0.2) is 8.78 Å². The first-order chi connectivity index (χ1) is 10.4. The highest BCUT2D eigenvalue weighted by molar-refractivity contribution is 5.34. The largest absolute Gasteiger partial charge is 0.489 e. The number of hydrogen-bond donors (Lipinski definition) is 2. The number of nitrogens with two attached hydrogens (primary N) is 1. The second-order valence-electron chi connectivity index (χ2n) is 5.37. The molecule has 0 aliphatic rings. The second kappa shape index (κ2) is 6.42. The zero-order valence-electron chi connectivity index (χ0n) is 12.3. The summed E-state index contributed by atoms with van der Waals surface area (Å²) in [5.41, 5.74) is 4.94. The van der Waals surface area contributed by atoms with Crippen LogP contribution in [0.2, 0.25) is 0 Å². The molecule has 2 aromatic carbocycles. The van der Waals surface area contributed by atoms with E-state index in [2.05, 4.69) is 0 Å². The maximum absolute atomic E-state index is 13.8. The van der Waals surface area contributed by atoms with Gasteiger partial charge in [0.2, 0.25) is 0 Å². The summed E-state index contributed by atoms with van der Waals surface area (Å²) in [6.45, 7) is 0.219. The number of aliphatic hydroxyl groups is 1. The smallest absolute Gasteiger partial charge is 0.291 e. The number of aliphatic hydroxyl groups excluding tert-OH is 1. The van der Waals surface area contributed by atoms with E-state index in [0.717, 1.165) is 5.56 Å². The molecule has 2 rings (SSSR count). The lowest BCUT2D eigenvalue weighted by Gasteiger charge is -2.33. The molecule has 3 nitrogen and oxygen atoms in total. The van der Waals surface area contributed by atoms with Crippen molar-refractivity contribution in [3.8, 4) is 5.75 Å². The molecule has 0 fully saturated rings. The topological polar surface area (TPSA) is 55.5 Å². The molecule has 0 unspecified atom stereocenters. The van der Waals surface area contributed by atoms with Gasteiger partial charge in [-0.3, -0.25) is 0 Å². The third-order valence-corrected chi connectivity index (χ3v) is 3.64. The van der Waals surface area contributed by atoms with Gasteiger partial charge in [0.05, 0.1) is 0 Å². The Bertz CT molecular complexity index is 615. The number of rotatable bonds is 6. The van der Waals surface area contributed by atoms with Crippen molar-refractivity contribution in [1.82, 2.24) is 0 Å². The van der Waals surface area contributed by atoms with Gasteiger partial charge in [-0.2, -0.15) is 0 Å². The molecule has 0 saturated heterocycles. The number of alkyl halides is 2. The normalized spacial score (nSPS) is 14.4. The zero-order valence-corrected chi connectivity index (χ0v) is 12.3. The predicted molar refractivity (Wildman–Crippen MR) is 80.8 cm³/mol. The van der Waals surface area contributed by atoms with Crippen LogP contribution in [-0.2, 0) is 12.1 Å². The van der Waals surface area contributed by atoms with Crippen LogP contribution < -0.4 is 10.5 Å². The van der Waals surface area contributed by atoms with Gasteiger partial charge in [-0.15, -0.1) is 0 Å². The molecular formula is C17H19F2NO2. The van der Waals surface area contributed by atoms with Gasteiger partial charge in [-0.1, -0.05) is 42.5 Å². The minimum Gasteiger partial charge on any atom is -0.489 e. The molecule has 3 N–H and O–H groups in total. The molecule has 2 aromatic rings. The van der Waals surface area contributed by atoms with Crippen LogP contribution in [0.3, 0.4) is 0 Å². The molecule has 5 heteroatoms. The Balaban J connectivity index is 2.16. The molecule has 0 aromatic heterocycles. The summed E-state index contributed by atoms with van der Waals surface area (Å²) in [6, 6.07) is 15.8. The molecule has 1 atom stereocenters. The van der Waals surface area contributed by atoms with E-state index >= 15 is 0 Å². The van der Waals surface area contributed by atoms with Gasteiger partial charge in [-0.05, 0) is 30.2 Å². The Labute approximate surface area is 128 Å². The second-order valence-corrected chi connectivity index (χ2v) is 5.37. The molecule has 0 amide bonds. The number of halogens is 2. The van der Waals surface area contributed by atoms with Gasteiger partial charge < -0.3 is 15.6 Å². The maximum atomic E-state index is 13.8. The van der Waals surface area contributed by atoms with Gasteiger partial charge in [0.1, 0.15) is 24.5 Å². The Hall–Kier alpha value is -1.98. The van der Waals surface area contributed by atoms with Crippen molar-refractivity contribution in [3.63, 3.8) is 0 Å². The van der Waals surface area contributed by atoms with Gasteiger partial charge >= 0.3 is 0 Å². The average molecular weight is 307 g/mol. The zero-order chi connectivity index (χ0) is 16.2. The lowest BCUT2D eigenvalue weighted by molar-refractivity contribution is -0.108. The van der Waals surface area contributed by atoms with Crippen LogP contribution in [0.5, 0.6) is 5.75 Å². The van der Waals surface area contributed by atoms with Gasteiger partial charge in [0.15, 0.2) is 0 Å². The van der Waals surface area contributed by atoms with E-state index in [9.17, 15) is 8.78 Å². The molecular weight excluding hydrogens is 288 g/mol. The minimum absolute atomic E-state index is 0.206. The van der Waals surface area contributed by atoms with E-state index in [0.29, 0.717) is 12.4 Å². The molecule has 0 spiro atoms. The summed E-state index contributed by atoms with van der Waals surface area (Å²) in [7, 11) is 0. The highest BCUT2D eigenvalue weighted by Gasteiger charge is 2.48. The van der Waals surface area contributed by atoms with Crippen molar-refractivity contribution in [2.24, 2.45) is 5.73 Å². The van der Waals surface area contributed by atoms with Crippen molar-refractivity contribution in [1.29, 1.82) is 0 Å². The van der Waals surface area contributed by atoms with Crippen LogP contribution in [0.15, 0.2) is 54.6 Å². The molecule has 118 valence electrons. The molecule has 0 bridgehead atoms. The highest BCUT2D eigenvalue weighted by atomic mass is 19.3. The van der Waals surface area contributed by atoms with E-state index in [1.165, 1.54) is 19.1 Å². The molecule has 0 heterocycles. The van der Waals surface area contributed by atoms with Crippen LogP contribution in [-0.4, -0.2) is 17.6 Å². The lowest BCUT2D eigenvalue weighted by atomic mass is 9.86. The van der Waals surface area contributed by atoms with Crippen molar-refractivity contribution in [2.75, 3.05) is 6.61 Å². The fourth-order valence-corrected chi connectivity index (χ4v) is 2.03. The third-order valence-electron chi connectivity index (χ3n) is 3.64. The molecule has 0 aliphatic carbocycles. The van der Waals surface area contributed by atoms with Crippen LogP contribution in [0.25, 0.3) is 0 Å². The monoisotopic (exact) mass is 307 g/mol. The summed E-state index contributed by atoms with van der Waals surface area (Å²) < 4.78 is 33.2. The van der Waals surface area contributed by atoms with Crippen molar-refractivity contribution in [2.45, 2.75) is 25.0 Å². The Morgan fingerprint density at radius 1 is 1.09 bits per heavy atom. The van der Waals surface area contributed by atoms with Gasteiger partial charge in [0.25, 0.3) is 5.92 Å². The van der Waals surface area contributed by atoms with E-state index in [-0.39, 0.29) is 5.56 Å². The molecule has 22 heavy (non-hydrogen) atoms. The van der Waals surface area contributed by atoms with Crippen molar-refractivity contribution in [3.05, 3.63) is 65.7 Å². The van der Waals surface area contributed by atoms with Crippen molar-refractivity contribution >= 4 is 0 Å². The molecule has 0 aliphatic heterocycles. The predicted octanol–water partition coefficient (Wildman–Crippen LogP) is 3.07. The fourth-order valence-electron chi connectivity index (χ4n) is 2.03. The standard InChI is InChI=1S/C17H19F2NO2/c1-16(20,17(18,19)12-21)14-8-5-9-15(10-14)22-11-13-6-3-2-4-7-13/h2-10,21H,11-12,20H2,1H3/t16-/m1/s1. The number of ether oxygens (including phenoxy) is 1. The molecule has 0 saturated carbocycles. The first-order valence-corrected chi connectivity index (χ1v) is 6.91. The number of hydrogen-bond acceptors (Lipinski definition) is 3. The minimum atomic E-state index is -3.43. The first-order valence-electron chi connectivity index (χ1n) is 6.91. The van der Waals surface area contributed by atoms with Crippen LogP contribution in [0, 0.1) is 0 Å². The van der Waals surface area contributed by atoms with E-state index < -0.39 is 18.1 Å². The lowest BCUT2D eigenvalue weighted by Crippen LogP contribution is -2.52. The van der Waals surface area contributed by atoms with Crippen LogP contribution >= 0.6 is 0 Å². The number of benzene rings is 2. The molecule has 0 radical (unpaired) electrons. The maximum Gasteiger partial charge on any atom is 0.291 e. The fraction of sp³-hybridized carbons (Fsp3) is 0.294. The summed E-state index contributed by atoms with van der Waals surface area (Å²) >= 11 is 0. The Kier molecular flexibility index (Phi) is 4.78. The first kappa shape index (κ1) is 16.4. The summed E-state index contributed by atoms with van der Waals surface area (Å²) in [5.74, 6) is -2.97. The summed E-state index contributed by atoms with van der Waals surface area (Å²) in [5, 5.41) is 8.85. The summed E-state index contributed by atoms with van der Waals surface area (Å²) in [6.07, 6.45) is 0. The van der Waals surface area contributed by atoms with E-state index in [4.69, 9.17) is 15.6 Å². The quantitative estimate of drug-likeness (QED) is 0.862. The van der Waals surface area contributed by atoms with Crippen LogP contribution in [0.1, 0.15) is 18.1 Å². The Morgan fingerprint density at radius 2 is 1.77 bits per heavy atom. The average Bonchev–Trinajstić information content (AvgIpc) is 2.54. The van der Waals surface area contributed by atoms with E-state index in [1.54, 1.807) is 12.1 Å².